The molecule has 1 atom stereocenters. The summed E-state index contributed by atoms with van der Waals surface area (Å²) in [5, 5.41) is 11.5. The van der Waals surface area contributed by atoms with Crippen molar-refractivity contribution in [2.75, 3.05) is 7.11 Å². The number of benzene rings is 3. The van der Waals surface area contributed by atoms with Crippen molar-refractivity contribution < 1.29 is 19.4 Å². The molecule has 0 aliphatic heterocycles. The third-order valence-electron chi connectivity index (χ3n) is 4.81. The Kier molecular flexibility index (Phi) is 3.81. The van der Waals surface area contributed by atoms with Gasteiger partial charge in [-0.1, -0.05) is 54.6 Å². The number of hydrogen-bond acceptors (Lipinski definition) is 3. The van der Waals surface area contributed by atoms with Crippen LogP contribution in [-0.2, 0) is 4.74 Å². The van der Waals surface area contributed by atoms with Crippen molar-refractivity contribution in [2.24, 2.45) is 0 Å². The quantitative estimate of drug-likeness (QED) is 0.711. The SMILES string of the molecule is COC(=O)c1cc(C(=O)O)ccc1C1C=Cc2cccc3cccc1c23. The van der Waals surface area contributed by atoms with E-state index >= 15 is 0 Å². The molecule has 1 aliphatic rings. The molecule has 0 bridgehead atoms. The van der Waals surface area contributed by atoms with E-state index in [0.29, 0.717) is 0 Å². The fraction of sp³-hybridized carbons (Fsp3) is 0.0909. The number of aromatic carboxylic acids is 1. The van der Waals surface area contributed by atoms with Crippen LogP contribution in [0.15, 0.2) is 60.7 Å². The van der Waals surface area contributed by atoms with Crippen LogP contribution in [0.2, 0.25) is 0 Å². The second-order valence-corrected chi connectivity index (χ2v) is 6.23. The molecule has 0 saturated carbocycles. The molecule has 4 nitrogen and oxygen atoms in total. The van der Waals surface area contributed by atoms with Gasteiger partial charge in [0.05, 0.1) is 18.2 Å². The van der Waals surface area contributed by atoms with E-state index in [1.807, 2.05) is 30.4 Å². The molecule has 4 heteroatoms. The summed E-state index contributed by atoms with van der Waals surface area (Å²) in [5.41, 5.74) is 3.30. The predicted octanol–water partition coefficient (Wildman–Crippen LogP) is 4.48. The van der Waals surface area contributed by atoms with Gasteiger partial charge in [-0.2, -0.15) is 0 Å². The lowest BCUT2D eigenvalue weighted by molar-refractivity contribution is 0.0599. The predicted molar refractivity (Wildman–Crippen MR) is 99.6 cm³/mol. The number of carbonyl (C=O) groups is 2. The van der Waals surface area contributed by atoms with Crippen molar-refractivity contribution in [3.05, 3.63) is 88.5 Å². The van der Waals surface area contributed by atoms with E-state index < -0.39 is 11.9 Å². The van der Waals surface area contributed by atoms with Crippen LogP contribution in [0, 0.1) is 0 Å². The highest BCUT2D eigenvalue weighted by Gasteiger charge is 2.25. The maximum Gasteiger partial charge on any atom is 0.338 e. The number of allylic oxidation sites excluding steroid dienone is 1. The lowest BCUT2D eigenvalue weighted by atomic mass is 9.80. The van der Waals surface area contributed by atoms with Crippen LogP contribution >= 0.6 is 0 Å². The van der Waals surface area contributed by atoms with Gasteiger partial charge in [-0.25, -0.2) is 9.59 Å². The molecule has 0 amide bonds. The first kappa shape index (κ1) is 16.1. The molecule has 0 heterocycles. The van der Waals surface area contributed by atoms with Crippen LogP contribution < -0.4 is 0 Å². The van der Waals surface area contributed by atoms with Gasteiger partial charge in [0.2, 0.25) is 0 Å². The number of rotatable bonds is 3. The maximum absolute atomic E-state index is 12.3. The molecule has 0 aromatic heterocycles. The molecular weight excluding hydrogens is 328 g/mol. The molecule has 0 saturated heterocycles. The number of carboxylic acid groups (broad SMARTS) is 1. The largest absolute Gasteiger partial charge is 0.478 e. The third-order valence-corrected chi connectivity index (χ3v) is 4.81. The van der Waals surface area contributed by atoms with E-state index in [2.05, 4.69) is 18.2 Å². The molecule has 3 aromatic rings. The first-order valence-corrected chi connectivity index (χ1v) is 8.25. The number of methoxy groups -OCH3 is 1. The first-order chi connectivity index (χ1) is 12.6. The molecule has 3 aromatic carbocycles. The van der Waals surface area contributed by atoms with Gasteiger partial charge >= 0.3 is 11.9 Å². The van der Waals surface area contributed by atoms with Gasteiger partial charge in [-0.05, 0) is 39.6 Å². The minimum absolute atomic E-state index is 0.0625. The lowest BCUT2D eigenvalue weighted by Gasteiger charge is -2.23. The average molecular weight is 344 g/mol. The Morgan fingerprint density at radius 3 is 2.50 bits per heavy atom. The zero-order chi connectivity index (χ0) is 18.3. The molecule has 128 valence electrons. The van der Waals surface area contributed by atoms with E-state index in [0.717, 1.165) is 27.5 Å². The standard InChI is InChI=1S/C22H16O4/c1-26-22(25)19-12-15(21(23)24)9-11-17(19)16-10-8-14-5-2-4-13-6-3-7-18(16)20(13)14/h2-12,16H,1H3,(H,23,24). The van der Waals surface area contributed by atoms with Gasteiger partial charge in [0.1, 0.15) is 0 Å². The highest BCUT2D eigenvalue weighted by Crippen LogP contribution is 2.39. The Balaban J connectivity index is 1.94. The molecule has 4 rings (SSSR count). The second kappa shape index (κ2) is 6.15. The normalized spacial score (nSPS) is 15.0. The molecule has 0 spiro atoms. The van der Waals surface area contributed by atoms with Crippen LogP contribution in [0.1, 0.15) is 43.3 Å². The number of carboxylic acids is 1. The minimum Gasteiger partial charge on any atom is -0.478 e. The molecule has 1 aliphatic carbocycles. The summed E-state index contributed by atoms with van der Waals surface area (Å²) in [6, 6.07) is 16.9. The van der Waals surface area contributed by atoms with E-state index in [1.165, 1.54) is 19.2 Å². The molecule has 0 radical (unpaired) electrons. The number of esters is 1. The number of hydrogen-bond donors (Lipinski definition) is 1. The first-order valence-electron chi connectivity index (χ1n) is 8.25. The maximum atomic E-state index is 12.3. The van der Waals surface area contributed by atoms with Gasteiger partial charge in [-0.3, -0.25) is 0 Å². The van der Waals surface area contributed by atoms with Crippen LogP contribution in [0.4, 0.5) is 0 Å². The molecule has 0 fully saturated rings. The van der Waals surface area contributed by atoms with E-state index in [4.69, 9.17) is 4.74 Å². The highest BCUT2D eigenvalue weighted by molar-refractivity contribution is 5.99. The van der Waals surface area contributed by atoms with Gasteiger partial charge in [0.15, 0.2) is 0 Å². The summed E-state index contributed by atoms with van der Waals surface area (Å²) < 4.78 is 4.89. The Labute approximate surface area is 150 Å². The third kappa shape index (κ3) is 2.47. The summed E-state index contributed by atoms with van der Waals surface area (Å²) >= 11 is 0. The van der Waals surface area contributed by atoms with Crippen LogP contribution in [0.5, 0.6) is 0 Å². The van der Waals surface area contributed by atoms with Crippen molar-refractivity contribution in [3.8, 4) is 0 Å². The minimum atomic E-state index is -1.08. The Morgan fingerprint density at radius 1 is 1.00 bits per heavy atom. The zero-order valence-corrected chi connectivity index (χ0v) is 14.1. The molecule has 1 N–H and O–H groups in total. The summed E-state index contributed by atoms with van der Waals surface area (Å²) in [6.07, 6.45) is 4.09. The number of ether oxygens (including phenoxy) is 1. The van der Waals surface area contributed by atoms with Crippen LogP contribution in [0.3, 0.4) is 0 Å². The smallest absolute Gasteiger partial charge is 0.338 e. The van der Waals surface area contributed by atoms with Crippen LogP contribution in [-0.4, -0.2) is 24.2 Å². The van der Waals surface area contributed by atoms with Crippen LogP contribution in [0.25, 0.3) is 16.8 Å². The van der Waals surface area contributed by atoms with Gasteiger partial charge in [0, 0.05) is 5.92 Å². The Bertz CT molecular complexity index is 1070. The monoisotopic (exact) mass is 344 g/mol. The Morgan fingerprint density at radius 2 is 1.77 bits per heavy atom. The molecule has 1 unspecified atom stereocenters. The van der Waals surface area contributed by atoms with Crippen molar-refractivity contribution in [2.45, 2.75) is 5.92 Å². The second-order valence-electron chi connectivity index (χ2n) is 6.23. The summed E-state index contributed by atoms with van der Waals surface area (Å²) in [6.45, 7) is 0. The van der Waals surface area contributed by atoms with E-state index in [-0.39, 0.29) is 17.0 Å². The van der Waals surface area contributed by atoms with Gasteiger partial charge < -0.3 is 9.84 Å². The average Bonchev–Trinajstić information content (AvgIpc) is 2.68. The van der Waals surface area contributed by atoms with Crippen molar-refractivity contribution in [3.63, 3.8) is 0 Å². The van der Waals surface area contributed by atoms with Crippen molar-refractivity contribution in [1.29, 1.82) is 0 Å². The fourth-order valence-corrected chi connectivity index (χ4v) is 3.62. The number of carbonyl (C=O) groups excluding carboxylic acids is 1. The van der Waals surface area contributed by atoms with Crippen molar-refractivity contribution in [1.82, 2.24) is 0 Å². The zero-order valence-electron chi connectivity index (χ0n) is 14.1. The molecule has 26 heavy (non-hydrogen) atoms. The Hall–Kier alpha value is -3.40. The van der Waals surface area contributed by atoms with E-state index in [9.17, 15) is 14.7 Å². The van der Waals surface area contributed by atoms with Crippen molar-refractivity contribution >= 4 is 28.8 Å². The topological polar surface area (TPSA) is 63.6 Å². The van der Waals surface area contributed by atoms with Gasteiger partial charge in [0.25, 0.3) is 0 Å². The molecular formula is C22H16O4. The highest BCUT2D eigenvalue weighted by atomic mass is 16.5. The van der Waals surface area contributed by atoms with E-state index in [1.54, 1.807) is 6.07 Å². The fourth-order valence-electron chi connectivity index (χ4n) is 3.62. The summed E-state index contributed by atoms with van der Waals surface area (Å²) in [7, 11) is 1.30. The lowest BCUT2D eigenvalue weighted by Crippen LogP contribution is -2.13. The summed E-state index contributed by atoms with van der Waals surface area (Å²) in [4.78, 5) is 23.6. The summed E-state index contributed by atoms with van der Waals surface area (Å²) in [5.74, 6) is -1.76. The van der Waals surface area contributed by atoms with Gasteiger partial charge in [-0.15, -0.1) is 0 Å².